The van der Waals surface area contributed by atoms with Gasteiger partial charge in [0.05, 0.1) is 16.2 Å². The molecule has 0 bridgehead atoms. The zero-order chi connectivity index (χ0) is 20.7. The Morgan fingerprint density at radius 1 is 1.07 bits per heavy atom. The minimum atomic E-state index is -0.438. The molecule has 0 aliphatic heterocycles. The largest absolute Gasteiger partial charge is 0.340 e. The molecular formula is C22H16Cl2FN3S2. The van der Waals surface area contributed by atoms with Crippen LogP contribution in [0.25, 0.3) is 10.2 Å². The van der Waals surface area contributed by atoms with Crippen LogP contribution in [0.2, 0.25) is 10.0 Å². The highest BCUT2D eigenvalue weighted by Gasteiger charge is 2.22. The molecule has 3 nitrogen and oxygen atoms in total. The van der Waals surface area contributed by atoms with Gasteiger partial charge in [0.25, 0.3) is 0 Å². The van der Waals surface area contributed by atoms with Crippen molar-refractivity contribution in [3.05, 3.63) is 74.6 Å². The van der Waals surface area contributed by atoms with Crippen LogP contribution >= 0.6 is 46.3 Å². The number of aromatic nitrogens is 2. The van der Waals surface area contributed by atoms with Crippen molar-refractivity contribution in [1.82, 2.24) is 9.97 Å². The predicted molar refractivity (Wildman–Crippen MR) is 125 cm³/mol. The van der Waals surface area contributed by atoms with Crippen LogP contribution in [0, 0.1) is 5.82 Å². The van der Waals surface area contributed by atoms with Crippen molar-refractivity contribution >= 4 is 68.0 Å². The van der Waals surface area contributed by atoms with Gasteiger partial charge in [-0.15, -0.1) is 23.1 Å². The average molecular weight is 476 g/mol. The second-order valence-corrected chi connectivity index (χ2v) is 10.00. The summed E-state index contributed by atoms with van der Waals surface area (Å²) in [4.78, 5) is 13.2. The molecule has 0 saturated heterocycles. The molecule has 5 rings (SSSR count). The molecule has 0 unspecified atom stereocenters. The Bertz CT molecular complexity index is 1240. The number of benzene rings is 2. The number of hydrogen-bond acceptors (Lipinski definition) is 5. The summed E-state index contributed by atoms with van der Waals surface area (Å²) in [6.07, 6.45) is 3.29. The summed E-state index contributed by atoms with van der Waals surface area (Å²) in [6, 6.07) is 12.4. The van der Waals surface area contributed by atoms with Crippen LogP contribution < -0.4 is 5.32 Å². The molecule has 0 radical (unpaired) electrons. The van der Waals surface area contributed by atoms with Crippen molar-refractivity contribution in [2.24, 2.45) is 0 Å². The summed E-state index contributed by atoms with van der Waals surface area (Å²) in [5.41, 5.74) is 2.04. The van der Waals surface area contributed by atoms with E-state index in [1.807, 2.05) is 24.3 Å². The van der Waals surface area contributed by atoms with Gasteiger partial charge < -0.3 is 5.32 Å². The molecule has 0 spiro atoms. The average Bonchev–Trinajstić information content (AvgIpc) is 3.31. The summed E-state index contributed by atoms with van der Waals surface area (Å²) in [5, 5.41) is 5.23. The maximum atomic E-state index is 13.6. The third-order valence-corrected chi connectivity index (χ3v) is 7.71. The van der Waals surface area contributed by atoms with E-state index >= 15 is 0 Å². The Kier molecular flexibility index (Phi) is 5.58. The minimum Gasteiger partial charge on any atom is -0.340 e. The van der Waals surface area contributed by atoms with E-state index in [2.05, 4.69) is 5.32 Å². The Morgan fingerprint density at radius 3 is 2.70 bits per heavy atom. The van der Waals surface area contributed by atoms with Crippen LogP contribution in [0.5, 0.6) is 0 Å². The molecule has 0 amide bonds. The SMILES string of the molecule is Fc1ccc(Nc2nc(CSc3ccc(Cl)cc3)nc3sc4c(c23)CCC4)cc1Cl. The number of fused-ring (bicyclic) bond motifs is 3. The summed E-state index contributed by atoms with van der Waals surface area (Å²) < 4.78 is 13.6. The Morgan fingerprint density at radius 2 is 1.90 bits per heavy atom. The van der Waals surface area contributed by atoms with Gasteiger partial charge in [0.1, 0.15) is 22.3 Å². The van der Waals surface area contributed by atoms with Gasteiger partial charge in [0, 0.05) is 20.5 Å². The number of aryl methyl sites for hydroxylation is 2. The van der Waals surface area contributed by atoms with Crippen molar-refractivity contribution in [2.75, 3.05) is 5.32 Å². The molecular weight excluding hydrogens is 460 g/mol. The molecule has 2 heterocycles. The van der Waals surface area contributed by atoms with Crippen molar-refractivity contribution in [2.45, 2.75) is 29.9 Å². The highest BCUT2D eigenvalue weighted by Crippen LogP contribution is 2.41. The van der Waals surface area contributed by atoms with E-state index in [9.17, 15) is 4.39 Å². The number of halogens is 3. The Labute approximate surface area is 191 Å². The maximum Gasteiger partial charge on any atom is 0.143 e. The van der Waals surface area contributed by atoms with E-state index in [-0.39, 0.29) is 5.02 Å². The number of nitrogens with zero attached hydrogens (tertiary/aromatic N) is 2. The molecule has 4 aromatic rings. The summed E-state index contributed by atoms with van der Waals surface area (Å²) in [5.74, 6) is 1.71. The fraction of sp³-hybridized carbons (Fsp3) is 0.182. The number of nitrogens with one attached hydrogen (secondary N) is 1. The summed E-state index contributed by atoms with van der Waals surface area (Å²) in [7, 11) is 0. The second kappa shape index (κ2) is 8.35. The van der Waals surface area contributed by atoms with E-state index in [0.29, 0.717) is 11.4 Å². The highest BCUT2D eigenvalue weighted by atomic mass is 35.5. The number of anilines is 2. The lowest BCUT2D eigenvalue weighted by molar-refractivity contribution is 0.628. The summed E-state index contributed by atoms with van der Waals surface area (Å²) >= 11 is 15.4. The van der Waals surface area contributed by atoms with E-state index < -0.39 is 5.82 Å². The molecule has 0 fully saturated rings. The van der Waals surface area contributed by atoms with Crippen molar-refractivity contribution < 1.29 is 4.39 Å². The first-order valence-electron chi connectivity index (χ1n) is 9.48. The van der Waals surface area contributed by atoms with Crippen molar-refractivity contribution in [3.63, 3.8) is 0 Å². The van der Waals surface area contributed by atoms with Gasteiger partial charge in [-0.3, -0.25) is 0 Å². The molecule has 1 aliphatic rings. The molecule has 0 saturated carbocycles. The van der Waals surface area contributed by atoms with Gasteiger partial charge in [-0.1, -0.05) is 23.2 Å². The van der Waals surface area contributed by atoms with Gasteiger partial charge in [0.2, 0.25) is 0 Å². The summed E-state index contributed by atoms with van der Waals surface area (Å²) in [6.45, 7) is 0. The van der Waals surface area contributed by atoms with E-state index in [0.717, 1.165) is 51.0 Å². The van der Waals surface area contributed by atoms with Gasteiger partial charge in [-0.2, -0.15) is 0 Å². The zero-order valence-corrected chi connectivity index (χ0v) is 18.9. The topological polar surface area (TPSA) is 37.8 Å². The van der Waals surface area contributed by atoms with Crippen LogP contribution in [-0.4, -0.2) is 9.97 Å². The predicted octanol–water partition coefficient (Wildman–Crippen LogP) is 7.66. The fourth-order valence-electron chi connectivity index (χ4n) is 3.58. The fourth-order valence-corrected chi connectivity index (χ4v) is 5.92. The van der Waals surface area contributed by atoms with Crippen LogP contribution in [0.3, 0.4) is 0 Å². The van der Waals surface area contributed by atoms with Crippen LogP contribution in [0.15, 0.2) is 47.4 Å². The van der Waals surface area contributed by atoms with Crippen molar-refractivity contribution in [3.8, 4) is 0 Å². The molecule has 1 N–H and O–H groups in total. The normalized spacial score (nSPS) is 13.0. The third-order valence-electron chi connectivity index (χ3n) is 4.97. The number of thiophene rings is 1. The molecule has 152 valence electrons. The van der Waals surface area contributed by atoms with Gasteiger partial charge in [-0.05, 0) is 67.3 Å². The monoisotopic (exact) mass is 475 g/mol. The first kappa shape index (κ1) is 20.1. The molecule has 30 heavy (non-hydrogen) atoms. The van der Waals surface area contributed by atoms with E-state index in [1.54, 1.807) is 35.2 Å². The third kappa shape index (κ3) is 4.02. The first-order valence-corrected chi connectivity index (χ1v) is 12.0. The maximum absolute atomic E-state index is 13.6. The van der Waals surface area contributed by atoms with Crippen LogP contribution in [0.4, 0.5) is 15.9 Å². The van der Waals surface area contributed by atoms with Crippen LogP contribution in [-0.2, 0) is 18.6 Å². The van der Waals surface area contributed by atoms with Crippen LogP contribution in [0.1, 0.15) is 22.7 Å². The van der Waals surface area contributed by atoms with Gasteiger partial charge in [-0.25, -0.2) is 14.4 Å². The molecule has 0 atom stereocenters. The van der Waals surface area contributed by atoms with Crippen molar-refractivity contribution in [1.29, 1.82) is 0 Å². The Balaban J connectivity index is 1.51. The Hall–Kier alpha value is -1.86. The number of rotatable bonds is 5. The first-order chi connectivity index (χ1) is 14.6. The minimum absolute atomic E-state index is 0.0827. The molecule has 2 aromatic heterocycles. The van der Waals surface area contributed by atoms with E-state index in [1.165, 1.54) is 16.5 Å². The highest BCUT2D eigenvalue weighted by molar-refractivity contribution is 7.98. The quantitative estimate of drug-likeness (QED) is 0.300. The second-order valence-electron chi connectivity index (χ2n) is 7.02. The molecule has 8 heteroatoms. The standard InChI is InChI=1S/C22H16Cl2FN3S2/c23-12-4-7-14(8-5-12)29-11-19-27-21(26-13-6-9-17(25)16(24)10-13)20-15-2-1-3-18(15)30-22(20)28-19/h4-10H,1-3,11H2,(H,26,27,28). The van der Waals surface area contributed by atoms with Gasteiger partial charge in [0.15, 0.2) is 0 Å². The smallest absolute Gasteiger partial charge is 0.143 e. The lowest BCUT2D eigenvalue weighted by Crippen LogP contribution is -2.01. The lowest BCUT2D eigenvalue weighted by Gasteiger charge is -2.11. The zero-order valence-electron chi connectivity index (χ0n) is 15.7. The van der Waals surface area contributed by atoms with E-state index in [4.69, 9.17) is 33.2 Å². The molecule has 1 aliphatic carbocycles. The lowest BCUT2D eigenvalue weighted by atomic mass is 10.2. The molecule has 2 aromatic carbocycles. The van der Waals surface area contributed by atoms with Gasteiger partial charge >= 0.3 is 0 Å². The number of hydrogen-bond donors (Lipinski definition) is 1. The number of thioether (sulfide) groups is 1.